The summed E-state index contributed by atoms with van der Waals surface area (Å²) in [5.41, 5.74) is 9.24. The Morgan fingerprint density at radius 3 is 2.47 bits per heavy atom. The summed E-state index contributed by atoms with van der Waals surface area (Å²) in [5, 5.41) is 3.73. The van der Waals surface area contributed by atoms with Crippen LogP contribution in [0.4, 0.5) is 18.9 Å². The minimum atomic E-state index is -4.68. The zero-order valence-corrected chi connectivity index (χ0v) is 18.1. The van der Waals surface area contributed by atoms with Gasteiger partial charge in [0.15, 0.2) is 5.69 Å². The molecule has 0 saturated carbocycles. The Morgan fingerprint density at radius 1 is 0.941 bits per heavy atom. The molecule has 1 aliphatic rings. The molecule has 2 N–H and O–H groups in total. The number of anilines is 1. The lowest BCUT2D eigenvalue weighted by Crippen LogP contribution is -2.30. The number of nitrogens with two attached hydrogens (primary N) is 1. The highest BCUT2D eigenvalue weighted by Gasteiger charge is 2.37. The van der Waals surface area contributed by atoms with Gasteiger partial charge in [-0.3, -0.25) is 4.79 Å². The summed E-state index contributed by atoms with van der Waals surface area (Å²) in [6.45, 7) is 0.593. The SMILES string of the molecule is NCc1cccc(-n2nc(C(F)(F)F)cc2C(=O)N2CCc3cc(-c4ccccc4)ccc32)c1. The molecule has 4 aromatic rings. The molecule has 1 aliphatic heterocycles. The fourth-order valence-corrected chi connectivity index (χ4v) is 4.25. The van der Waals surface area contributed by atoms with E-state index in [1.54, 1.807) is 24.3 Å². The molecule has 0 bridgehead atoms. The summed E-state index contributed by atoms with van der Waals surface area (Å²) >= 11 is 0. The quantitative estimate of drug-likeness (QED) is 0.452. The number of fused-ring (bicyclic) bond motifs is 1. The molecule has 0 spiro atoms. The Hall–Kier alpha value is -3.91. The van der Waals surface area contributed by atoms with Crippen LogP contribution in [0, 0.1) is 0 Å². The van der Waals surface area contributed by atoms with Gasteiger partial charge in [-0.05, 0) is 52.9 Å². The minimum Gasteiger partial charge on any atom is -0.326 e. The summed E-state index contributed by atoms with van der Waals surface area (Å²) in [4.78, 5) is 15.0. The third-order valence-electron chi connectivity index (χ3n) is 5.94. The largest absolute Gasteiger partial charge is 0.435 e. The number of hydrogen-bond acceptors (Lipinski definition) is 3. The molecule has 2 heterocycles. The molecule has 0 radical (unpaired) electrons. The van der Waals surface area contributed by atoms with Crippen molar-refractivity contribution in [1.82, 2.24) is 9.78 Å². The standard InChI is InChI=1S/C26H21F3N4O/c27-26(28,29)24-15-23(33(31-24)21-8-4-5-17(13-21)16-30)25(34)32-12-11-20-14-19(9-10-22(20)32)18-6-2-1-3-7-18/h1-10,13-15H,11-12,16,30H2. The third kappa shape index (κ3) is 3.97. The number of halogens is 3. The van der Waals surface area contributed by atoms with Gasteiger partial charge in [0, 0.05) is 24.8 Å². The molecule has 1 amide bonds. The first-order valence-corrected chi connectivity index (χ1v) is 10.8. The average molecular weight is 462 g/mol. The fourth-order valence-electron chi connectivity index (χ4n) is 4.25. The van der Waals surface area contributed by atoms with Gasteiger partial charge in [0.25, 0.3) is 5.91 Å². The van der Waals surface area contributed by atoms with Crippen molar-refractivity contribution >= 4 is 11.6 Å². The van der Waals surface area contributed by atoms with Crippen molar-refractivity contribution in [3.05, 3.63) is 101 Å². The zero-order valence-electron chi connectivity index (χ0n) is 18.1. The molecule has 172 valence electrons. The monoisotopic (exact) mass is 462 g/mol. The number of carbonyl (C=O) groups excluding carboxylic acids is 1. The predicted octanol–water partition coefficient (Wildman–Crippen LogP) is 5.22. The van der Waals surface area contributed by atoms with Gasteiger partial charge in [-0.25, -0.2) is 4.68 Å². The number of amides is 1. The Labute approximate surface area is 194 Å². The van der Waals surface area contributed by atoms with E-state index in [-0.39, 0.29) is 12.2 Å². The second-order valence-electron chi connectivity index (χ2n) is 8.11. The molecule has 0 saturated heterocycles. The van der Waals surface area contributed by atoms with Crippen molar-refractivity contribution in [1.29, 1.82) is 0 Å². The van der Waals surface area contributed by atoms with E-state index in [4.69, 9.17) is 5.73 Å². The number of rotatable bonds is 4. The van der Waals surface area contributed by atoms with E-state index < -0.39 is 17.8 Å². The van der Waals surface area contributed by atoms with Crippen LogP contribution in [0.1, 0.15) is 27.3 Å². The number of alkyl halides is 3. The van der Waals surface area contributed by atoms with Gasteiger partial charge in [0.1, 0.15) is 5.69 Å². The third-order valence-corrected chi connectivity index (χ3v) is 5.94. The number of hydrogen-bond donors (Lipinski definition) is 1. The predicted molar refractivity (Wildman–Crippen MR) is 124 cm³/mol. The van der Waals surface area contributed by atoms with Crippen molar-refractivity contribution in [2.75, 3.05) is 11.4 Å². The van der Waals surface area contributed by atoms with E-state index >= 15 is 0 Å². The Balaban J connectivity index is 1.54. The first-order valence-electron chi connectivity index (χ1n) is 10.8. The fraction of sp³-hybridized carbons (Fsp3) is 0.154. The summed E-state index contributed by atoms with van der Waals surface area (Å²) in [7, 11) is 0. The molecule has 8 heteroatoms. The van der Waals surface area contributed by atoms with Crippen LogP contribution < -0.4 is 10.6 Å². The van der Waals surface area contributed by atoms with Crippen LogP contribution in [0.3, 0.4) is 0 Å². The second kappa shape index (κ2) is 8.46. The van der Waals surface area contributed by atoms with Crippen LogP contribution in [0.15, 0.2) is 78.9 Å². The Morgan fingerprint density at radius 2 is 1.74 bits per heavy atom. The van der Waals surface area contributed by atoms with Crippen LogP contribution in [-0.2, 0) is 19.1 Å². The topological polar surface area (TPSA) is 64.2 Å². The molecule has 0 unspecified atom stereocenters. The summed E-state index contributed by atoms with van der Waals surface area (Å²) in [6.07, 6.45) is -4.07. The number of carbonyl (C=O) groups is 1. The van der Waals surface area contributed by atoms with Crippen molar-refractivity contribution in [2.24, 2.45) is 5.73 Å². The van der Waals surface area contributed by atoms with Crippen molar-refractivity contribution < 1.29 is 18.0 Å². The van der Waals surface area contributed by atoms with E-state index in [0.717, 1.165) is 33.0 Å². The average Bonchev–Trinajstić information content (AvgIpc) is 3.49. The van der Waals surface area contributed by atoms with Crippen LogP contribution in [0.25, 0.3) is 16.8 Å². The van der Waals surface area contributed by atoms with Crippen LogP contribution >= 0.6 is 0 Å². The second-order valence-corrected chi connectivity index (χ2v) is 8.11. The van der Waals surface area contributed by atoms with Gasteiger partial charge in [-0.15, -0.1) is 0 Å². The maximum absolute atomic E-state index is 13.5. The smallest absolute Gasteiger partial charge is 0.326 e. The van der Waals surface area contributed by atoms with Gasteiger partial charge >= 0.3 is 6.18 Å². The highest BCUT2D eigenvalue weighted by atomic mass is 19.4. The number of nitrogens with zero attached hydrogens (tertiary/aromatic N) is 3. The van der Waals surface area contributed by atoms with Crippen molar-refractivity contribution in [3.63, 3.8) is 0 Å². The molecule has 1 aromatic heterocycles. The molecule has 3 aromatic carbocycles. The lowest BCUT2D eigenvalue weighted by Gasteiger charge is -2.18. The highest BCUT2D eigenvalue weighted by Crippen LogP contribution is 2.35. The molecule has 0 atom stereocenters. The molecular weight excluding hydrogens is 441 g/mol. The molecule has 34 heavy (non-hydrogen) atoms. The molecular formula is C26H21F3N4O. The van der Waals surface area contributed by atoms with Gasteiger partial charge in [-0.2, -0.15) is 18.3 Å². The van der Waals surface area contributed by atoms with Crippen LogP contribution in [0.2, 0.25) is 0 Å². The van der Waals surface area contributed by atoms with Gasteiger partial charge < -0.3 is 10.6 Å². The maximum atomic E-state index is 13.5. The lowest BCUT2D eigenvalue weighted by atomic mass is 10.0. The van der Waals surface area contributed by atoms with Crippen LogP contribution in [0.5, 0.6) is 0 Å². The van der Waals surface area contributed by atoms with Gasteiger partial charge in [0.05, 0.1) is 5.69 Å². The van der Waals surface area contributed by atoms with Crippen molar-refractivity contribution in [2.45, 2.75) is 19.1 Å². The normalized spacial score (nSPS) is 13.2. The zero-order chi connectivity index (χ0) is 23.9. The molecule has 0 fully saturated rings. The lowest BCUT2D eigenvalue weighted by molar-refractivity contribution is -0.141. The van der Waals surface area contributed by atoms with E-state index in [9.17, 15) is 18.0 Å². The van der Waals surface area contributed by atoms with E-state index in [1.165, 1.54) is 4.90 Å². The Kier molecular flexibility index (Phi) is 5.45. The first kappa shape index (κ1) is 21.9. The van der Waals surface area contributed by atoms with E-state index in [0.29, 0.717) is 24.3 Å². The summed E-state index contributed by atoms with van der Waals surface area (Å²) in [6, 6.07) is 23.2. The number of aromatic nitrogens is 2. The van der Waals surface area contributed by atoms with Crippen molar-refractivity contribution in [3.8, 4) is 16.8 Å². The Bertz CT molecular complexity index is 1360. The minimum absolute atomic E-state index is 0.151. The molecule has 5 rings (SSSR count). The van der Waals surface area contributed by atoms with E-state index in [2.05, 4.69) is 5.10 Å². The first-order chi connectivity index (χ1) is 16.3. The molecule has 0 aliphatic carbocycles. The molecule has 5 nitrogen and oxygen atoms in total. The highest BCUT2D eigenvalue weighted by molar-refractivity contribution is 6.06. The number of benzene rings is 3. The van der Waals surface area contributed by atoms with Gasteiger partial charge in [0.2, 0.25) is 0 Å². The summed E-state index contributed by atoms with van der Waals surface area (Å²) in [5.74, 6) is -0.535. The maximum Gasteiger partial charge on any atom is 0.435 e. The van der Waals surface area contributed by atoms with E-state index in [1.807, 2.05) is 48.5 Å². The van der Waals surface area contributed by atoms with Crippen LogP contribution in [-0.4, -0.2) is 22.2 Å². The van der Waals surface area contributed by atoms with Gasteiger partial charge in [-0.1, -0.05) is 48.5 Å². The summed E-state index contributed by atoms with van der Waals surface area (Å²) < 4.78 is 41.6.